The maximum Gasteiger partial charge on any atom is 0.303 e. The summed E-state index contributed by atoms with van der Waals surface area (Å²) in [6.07, 6.45) is 5.73. The molecule has 4 heteroatoms. The van der Waals surface area contributed by atoms with Crippen LogP contribution in [0.25, 0.3) is 0 Å². The van der Waals surface area contributed by atoms with Crippen LogP contribution in [0.1, 0.15) is 32.6 Å². The largest absolute Gasteiger partial charge is 0.481 e. The van der Waals surface area contributed by atoms with Gasteiger partial charge in [0.25, 0.3) is 0 Å². The molecule has 0 aromatic rings. The molecular weight excluding hydrogens is 198 g/mol. The monoisotopic (exact) mass is 217 g/mol. The molecule has 0 amide bonds. The van der Waals surface area contributed by atoms with Crippen LogP contribution in [0.4, 0.5) is 0 Å². The molecule has 14 heavy (non-hydrogen) atoms. The molecule has 0 saturated heterocycles. The van der Waals surface area contributed by atoms with Crippen molar-refractivity contribution < 1.29 is 9.90 Å². The molecule has 0 bridgehead atoms. The van der Waals surface area contributed by atoms with Crippen molar-refractivity contribution in [3.63, 3.8) is 0 Å². The first-order valence-corrected chi connectivity index (χ1v) is 6.31. The van der Waals surface area contributed by atoms with Crippen LogP contribution in [0.3, 0.4) is 0 Å². The van der Waals surface area contributed by atoms with Gasteiger partial charge in [-0.25, -0.2) is 0 Å². The van der Waals surface area contributed by atoms with Gasteiger partial charge in [0, 0.05) is 23.8 Å². The second-order valence-electron chi connectivity index (χ2n) is 4.10. The number of rotatable bonds is 7. The Bertz CT molecular complexity index is 204. The van der Waals surface area contributed by atoms with Crippen LogP contribution in [-0.2, 0) is 4.79 Å². The molecule has 1 atom stereocenters. The van der Waals surface area contributed by atoms with Crippen molar-refractivity contribution in [2.75, 3.05) is 12.8 Å². The maximum atomic E-state index is 10.3. The SMILES string of the molecule is CSC1(CNC(C)CCC(=O)O)CC1. The highest BCUT2D eigenvalue weighted by atomic mass is 32.2. The summed E-state index contributed by atoms with van der Waals surface area (Å²) in [6.45, 7) is 3.08. The van der Waals surface area contributed by atoms with Crippen LogP contribution >= 0.6 is 11.8 Å². The second kappa shape index (κ2) is 5.03. The Labute approximate surface area is 89.6 Å². The molecule has 82 valence electrons. The minimum atomic E-state index is -0.704. The fraction of sp³-hybridized carbons (Fsp3) is 0.900. The lowest BCUT2D eigenvalue weighted by molar-refractivity contribution is -0.137. The minimum Gasteiger partial charge on any atom is -0.481 e. The van der Waals surface area contributed by atoms with Gasteiger partial charge in [-0.05, 0) is 32.4 Å². The van der Waals surface area contributed by atoms with Gasteiger partial charge in [-0.15, -0.1) is 0 Å². The molecule has 1 aliphatic carbocycles. The van der Waals surface area contributed by atoms with Crippen LogP contribution in [0, 0.1) is 0 Å². The zero-order chi connectivity index (χ0) is 10.6. The number of carbonyl (C=O) groups is 1. The van der Waals surface area contributed by atoms with Gasteiger partial charge in [0.1, 0.15) is 0 Å². The topological polar surface area (TPSA) is 49.3 Å². The Hall–Kier alpha value is -0.220. The Morgan fingerprint density at radius 1 is 1.64 bits per heavy atom. The highest BCUT2D eigenvalue weighted by Crippen LogP contribution is 2.46. The molecule has 1 saturated carbocycles. The molecule has 3 nitrogen and oxygen atoms in total. The Kier molecular flexibility index (Phi) is 4.26. The summed E-state index contributed by atoms with van der Waals surface area (Å²) < 4.78 is 0.470. The Morgan fingerprint density at radius 2 is 2.29 bits per heavy atom. The predicted molar refractivity (Wildman–Crippen MR) is 59.8 cm³/mol. The molecule has 0 aromatic carbocycles. The zero-order valence-electron chi connectivity index (χ0n) is 8.88. The number of nitrogens with one attached hydrogen (secondary N) is 1. The second-order valence-corrected chi connectivity index (χ2v) is 5.38. The van der Waals surface area contributed by atoms with Gasteiger partial charge in [0.05, 0.1) is 0 Å². The van der Waals surface area contributed by atoms with Crippen molar-refractivity contribution in [3.8, 4) is 0 Å². The van der Waals surface area contributed by atoms with E-state index in [4.69, 9.17) is 5.11 Å². The summed E-state index contributed by atoms with van der Waals surface area (Å²) in [7, 11) is 0. The fourth-order valence-electron chi connectivity index (χ4n) is 1.39. The summed E-state index contributed by atoms with van der Waals surface area (Å²) in [4.78, 5) is 10.3. The van der Waals surface area contributed by atoms with Gasteiger partial charge < -0.3 is 10.4 Å². The molecule has 0 aliphatic heterocycles. The van der Waals surface area contributed by atoms with E-state index in [-0.39, 0.29) is 6.42 Å². The van der Waals surface area contributed by atoms with E-state index in [1.54, 1.807) is 0 Å². The van der Waals surface area contributed by atoms with Gasteiger partial charge >= 0.3 is 5.97 Å². The van der Waals surface area contributed by atoms with E-state index in [1.165, 1.54) is 12.8 Å². The lowest BCUT2D eigenvalue weighted by atomic mass is 10.2. The highest BCUT2D eigenvalue weighted by Gasteiger charge is 2.41. The van der Waals surface area contributed by atoms with Gasteiger partial charge in [-0.3, -0.25) is 4.79 Å². The third-order valence-electron chi connectivity index (χ3n) is 2.80. The van der Waals surface area contributed by atoms with Crippen LogP contribution in [0.2, 0.25) is 0 Å². The smallest absolute Gasteiger partial charge is 0.303 e. The molecule has 1 aliphatic rings. The van der Waals surface area contributed by atoms with E-state index in [2.05, 4.69) is 18.5 Å². The lowest BCUT2D eigenvalue weighted by Crippen LogP contribution is -2.33. The predicted octanol–water partition coefficient (Wildman–Crippen LogP) is 1.72. The molecular formula is C10H19NO2S. The minimum absolute atomic E-state index is 0.264. The third kappa shape index (κ3) is 3.88. The normalized spacial score (nSPS) is 20.4. The van der Waals surface area contributed by atoms with E-state index in [0.29, 0.717) is 10.8 Å². The summed E-state index contributed by atoms with van der Waals surface area (Å²) in [6, 6.07) is 0.315. The molecule has 0 radical (unpaired) electrons. The Balaban J connectivity index is 2.08. The molecule has 0 aromatic heterocycles. The van der Waals surface area contributed by atoms with Gasteiger partial charge in [0.15, 0.2) is 0 Å². The van der Waals surface area contributed by atoms with Crippen LogP contribution < -0.4 is 5.32 Å². The summed E-state index contributed by atoms with van der Waals surface area (Å²) in [5.74, 6) is -0.704. The first-order chi connectivity index (χ1) is 6.58. The van der Waals surface area contributed by atoms with Crippen LogP contribution in [0.15, 0.2) is 0 Å². The molecule has 1 fully saturated rings. The standard InChI is InChI=1S/C10H19NO2S/c1-8(3-4-9(12)13)11-7-10(14-2)5-6-10/h8,11H,3-7H2,1-2H3,(H,12,13). The van der Waals surface area contributed by atoms with E-state index in [0.717, 1.165) is 13.0 Å². The molecule has 1 unspecified atom stereocenters. The number of carboxylic acids is 1. The maximum absolute atomic E-state index is 10.3. The lowest BCUT2D eigenvalue weighted by Gasteiger charge is -2.17. The Morgan fingerprint density at radius 3 is 2.71 bits per heavy atom. The van der Waals surface area contributed by atoms with Crippen molar-refractivity contribution in [2.24, 2.45) is 0 Å². The van der Waals surface area contributed by atoms with Crippen molar-refractivity contribution >= 4 is 17.7 Å². The fourth-order valence-corrected chi connectivity index (χ4v) is 2.13. The van der Waals surface area contributed by atoms with Crippen molar-refractivity contribution in [2.45, 2.75) is 43.4 Å². The van der Waals surface area contributed by atoms with Crippen molar-refractivity contribution in [3.05, 3.63) is 0 Å². The van der Waals surface area contributed by atoms with Gasteiger partial charge in [-0.2, -0.15) is 11.8 Å². The third-order valence-corrected chi connectivity index (χ3v) is 4.22. The summed E-state index contributed by atoms with van der Waals surface area (Å²) in [5.41, 5.74) is 0. The summed E-state index contributed by atoms with van der Waals surface area (Å²) in [5, 5.41) is 11.9. The number of thioether (sulfide) groups is 1. The van der Waals surface area contributed by atoms with E-state index in [1.807, 2.05) is 11.8 Å². The molecule has 0 spiro atoms. The zero-order valence-corrected chi connectivity index (χ0v) is 9.69. The highest BCUT2D eigenvalue weighted by molar-refractivity contribution is 8.00. The van der Waals surface area contributed by atoms with Crippen molar-refractivity contribution in [1.82, 2.24) is 5.32 Å². The van der Waals surface area contributed by atoms with Gasteiger partial charge in [0.2, 0.25) is 0 Å². The molecule has 2 N–H and O–H groups in total. The first-order valence-electron chi connectivity index (χ1n) is 5.08. The van der Waals surface area contributed by atoms with E-state index < -0.39 is 5.97 Å². The van der Waals surface area contributed by atoms with E-state index in [9.17, 15) is 4.79 Å². The van der Waals surface area contributed by atoms with Crippen LogP contribution in [0.5, 0.6) is 0 Å². The number of hydrogen-bond acceptors (Lipinski definition) is 3. The average Bonchev–Trinajstić information content (AvgIpc) is 2.92. The van der Waals surface area contributed by atoms with Gasteiger partial charge in [-0.1, -0.05) is 0 Å². The van der Waals surface area contributed by atoms with Crippen molar-refractivity contribution in [1.29, 1.82) is 0 Å². The molecule has 1 rings (SSSR count). The number of hydrogen-bond donors (Lipinski definition) is 2. The number of carboxylic acid groups (broad SMARTS) is 1. The van der Waals surface area contributed by atoms with E-state index >= 15 is 0 Å². The quantitative estimate of drug-likeness (QED) is 0.682. The summed E-state index contributed by atoms with van der Waals surface area (Å²) >= 11 is 1.93. The number of aliphatic carboxylic acids is 1. The molecule has 0 heterocycles. The van der Waals surface area contributed by atoms with Crippen LogP contribution in [-0.4, -0.2) is 34.7 Å². The first kappa shape index (κ1) is 11.9. The average molecular weight is 217 g/mol.